The van der Waals surface area contributed by atoms with Crippen molar-refractivity contribution in [1.29, 1.82) is 0 Å². The molecule has 0 spiro atoms. The van der Waals surface area contributed by atoms with Gasteiger partial charge in [0.1, 0.15) is 0 Å². The topological polar surface area (TPSA) is 73.9 Å². The second-order valence-corrected chi connectivity index (χ2v) is 5.04. The Morgan fingerprint density at radius 1 is 1.30 bits per heavy atom. The first-order chi connectivity index (χ1) is 9.78. The van der Waals surface area contributed by atoms with Crippen LogP contribution >= 0.6 is 0 Å². The van der Waals surface area contributed by atoms with Crippen molar-refractivity contribution >= 4 is 0 Å². The van der Waals surface area contributed by atoms with E-state index in [1.165, 1.54) is 0 Å². The molecule has 0 aromatic carbocycles. The van der Waals surface area contributed by atoms with Crippen molar-refractivity contribution in [1.82, 2.24) is 20.1 Å². The van der Waals surface area contributed by atoms with E-state index < -0.39 is 0 Å². The van der Waals surface area contributed by atoms with E-state index in [4.69, 9.17) is 9.26 Å². The summed E-state index contributed by atoms with van der Waals surface area (Å²) in [6.45, 7) is 4.84. The molecule has 2 aromatic rings. The molecule has 20 heavy (non-hydrogen) atoms. The van der Waals surface area contributed by atoms with Crippen LogP contribution in [0, 0.1) is 6.92 Å². The summed E-state index contributed by atoms with van der Waals surface area (Å²) in [6, 6.07) is 1.84. The molecule has 0 radical (unpaired) electrons. The lowest BCUT2D eigenvalue weighted by Crippen LogP contribution is -2.27. The Bertz CT molecular complexity index is 584. The van der Waals surface area contributed by atoms with Crippen LogP contribution in [0.15, 0.2) is 16.8 Å². The number of hydrogen-bond donors (Lipinski definition) is 0. The Hall–Kier alpha value is -1.82. The van der Waals surface area contributed by atoms with Gasteiger partial charge in [-0.3, -0.25) is 0 Å². The zero-order valence-corrected chi connectivity index (χ0v) is 11.7. The second kappa shape index (κ2) is 5.66. The maximum absolute atomic E-state index is 5.77. The van der Waals surface area contributed by atoms with Crippen LogP contribution in [0.2, 0.25) is 0 Å². The summed E-state index contributed by atoms with van der Waals surface area (Å²) in [4.78, 5) is 13.0. The molecule has 0 N–H and O–H groups in total. The number of aromatic nitrogens is 4. The summed E-state index contributed by atoms with van der Waals surface area (Å²) >= 11 is 0. The summed E-state index contributed by atoms with van der Waals surface area (Å²) < 4.78 is 11.2. The van der Waals surface area contributed by atoms with E-state index in [0.29, 0.717) is 17.5 Å². The fourth-order valence-electron chi connectivity index (χ4n) is 2.56. The molecule has 6 nitrogen and oxygen atoms in total. The first-order valence-electron chi connectivity index (χ1n) is 7.03. The average Bonchev–Trinajstić information content (AvgIpc) is 2.97. The van der Waals surface area contributed by atoms with Gasteiger partial charge in [0, 0.05) is 18.5 Å². The largest absolute Gasteiger partial charge is 0.377 e. The Morgan fingerprint density at radius 3 is 3.00 bits per heavy atom. The summed E-state index contributed by atoms with van der Waals surface area (Å²) in [7, 11) is 0. The summed E-state index contributed by atoms with van der Waals surface area (Å²) in [5.74, 6) is 1.77. The lowest BCUT2D eigenvalue weighted by molar-refractivity contribution is -0.0103. The smallest absolute Gasteiger partial charge is 0.240 e. The molecule has 2 atom stereocenters. The molecule has 1 saturated heterocycles. The van der Waals surface area contributed by atoms with Crippen molar-refractivity contribution in [2.24, 2.45) is 0 Å². The highest BCUT2D eigenvalue weighted by molar-refractivity contribution is 5.41. The van der Waals surface area contributed by atoms with Crippen LogP contribution in [0.3, 0.4) is 0 Å². The minimum atomic E-state index is 0.162. The van der Waals surface area contributed by atoms with E-state index in [1.54, 1.807) is 6.20 Å². The van der Waals surface area contributed by atoms with E-state index in [-0.39, 0.29) is 12.0 Å². The lowest BCUT2D eigenvalue weighted by Gasteiger charge is -2.28. The van der Waals surface area contributed by atoms with Crippen LogP contribution in [0.1, 0.15) is 43.7 Å². The first-order valence-corrected chi connectivity index (χ1v) is 7.03. The summed E-state index contributed by atoms with van der Waals surface area (Å²) in [6.07, 6.45) is 4.86. The normalized spacial score (nSPS) is 22.9. The van der Waals surface area contributed by atoms with Gasteiger partial charge in [-0.05, 0) is 32.3 Å². The minimum absolute atomic E-state index is 0.162. The SMILES string of the molecule is CCC1OCCCC1c1nc(-c2nccc(C)n2)no1. The van der Waals surface area contributed by atoms with Gasteiger partial charge in [-0.1, -0.05) is 12.1 Å². The Morgan fingerprint density at radius 2 is 2.20 bits per heavy atom. The number of nitrogens with zero attached hydrogens (tertiary/aromatic N) is 4. The number of aryl methyl sites for hydroxylation is 1. The standard InChI is InChI=1S/C14H18N4O2/c1-3-11-10(5-4-8-19-11)14-17-13(18-20-14)12-15-7-6-9(2)16-12/h6-7,10-11H,3-5,8H2,1-2H3. The third-order valence-corrected chi connectivity index (χ3v) is 3.60. The van der Waals surface area contributed by atoms with Gasteiger partial charge < -0.3 is 9.26 Å². The number of ether oxygens (including phenoxy) is 1. The molecular weight excluding hydrogens is 256 g/mol. The van der Waals surface area contributed by atoms with Gasteiger partial charge in [-0.2, -0.15) is 4.98 Å². The molecule has 0 saturated carbocycles. The quantitative estimate of drug-likeness (QED) is 0.856. The fourth-order valence-corrected chi connectivity index (χ4v) is 2.56. The zero-order chi connectivity index (χ0) is 13.9. The molecular formula is C14H18N4O2. The molecule has 2 aromatic heterocycles. The highest BCUT2D eigenvalue weighted by Gasteiger charge is 2.31. The Balaban J connectivity index is 1.86. The van der Waals surface area contributed by atoms with Gasteiger partial charge in [0.25, 0.3) is 0 Å². The predicted molar refractivity (Wildman–Crippen MR) is 72.1 cm³/mol. The van der Waals surface area contributed by atoms with E-state index >= 15 is 0 Å². The molecule has 0 bridgehead atoms. The van der Waals surface area contributed by atoms with Crippen LogP contribution in [0.25, 0.3) is 11.6 Å². The molecule has 1 aliphatic heterocycles. The van der Waals surface area contributed by atoms with Crippen LogP contribution in [-0.2, 0) is 4.74 Å². The van der Waals surface area contributed by atoms with Crippen LogP contribution < -0.4 is 0 Å². The molecule has 3 rings (SSSR count). The Labute approximate surface area is 117 Å². The third-order valence-electron chi connectivity index (χ3n) is 3.60. The van der Waals surface area contributed by atoms with Gasteiger partial charge in [-0.15, -0.1) is 0 Å². The van der Waals surface area contributed by atoms with Gasteiger partial charge in [0.15, 0.2) is 0 Å². The van der Waals surface area contributed by atoms with Gasteiger partial charge >= 0.3 is 0 Å². The van der Waals surface area contributed by atoms with Crippen molar-refractivity contribution in [3.63, 3.8) is 0 Å². The summed E-state index contributed by atoms with van der Waals surface area (Å²) in [5, 5.41) is 4.00. The molecule has 3 heterocycles. The molecule has 1 aliphatic rings. The minimum Gasteiger partial charge on any atom is -0.377 e. The van der Waals surface area contributed by atoms with Gasteiger partial charge in [-0.25, -0.2) is 9.97 Å². The highest BCUT2D eigenvalue weighted by Crippen LogP contribution is 2.32. The lowest BCUT2D eigenvalue weighted by atomic mass is 9.92. The molecule has 0 amide bonds. The van der Waals surface area contributed by atoms with E-state index in [0.717, 1.165) is 31.6 Å². The maximum atomic E-state index is 5.77. The number of rotatable bonds is 3. The maximum Gasteiger partial charge on any atom is 0.240 e. The van der Waals surface area contributed by atoms with Crippen molar-refractivity contribution in [2.75, 3.05) is 6.61 Å². The Kier molecular flexibility index (Phi) is 3.73. The highest BCUT2D eigenvalue weighted by atomic mass is 16.5. The van der Waals surface area contributed by atoms with Crippen molar-refractivity contribution in [2.45, 2.75) is 45.1 Å². The first kappa shape index (κ1) is 13.2. The van der Waals surface area contributed by atoms with E-state index in [2.05, 4.69) is 27.0 Å². The third kappa shape index (κ3) is 2.56. The molecule has 6 heteroatoms. The van der Waals surface area contributed by atoms with Gasteiger partial charge in [0.2, 0.25) is 17.5 Å². The van der Waals surface area contributed by atoms with E-state index in [1.807, 2.05) is 13.0 Å². The molecule has 0 aliphatic carbocycles. The molecule has 1 fully saturated rings. The summed E-state index contributed by atoms with van der Waals surface area (Å²) in [5.41, 5.74) is 0.883. The van der Waals surface area contributed by atoms with Crippen molar-refractivity contribution in [3.05, 3.63) is 23.8 Å². The van der Waals surface area contributed by atoms with Crippen LogP contribution in [-0.4, -0.2) is 32.8 Å². The van der Waals surface area contributed by atoms with Crippen molar-refractivity contribution < 1.29 is 9.26 Å². The van der Waals surface area contributed by atoms with Crippen LogP contribution in [0.4, 0.5) is 0 Å². The van der Waals surface area contributed by atoms with Gasteiger partial charge in [0.05, 0.1) is 12.0 Å². The average molecular weight is 274 g/mol. The predicted octanol–water partition coefficient (Wildman–Crippen LogP) is 2.51. The number of hydrogen-bond acceptors (Lipinski definition) is 6. The van der Waals surface area contributed by atoms with E-state index in [9.17, 15) is 0 Å². The monoisotopic (exact) mass is 274 g/mol. The zero-order valence-electron chi connectivity index (χ0n) is 11.7. The van der Waals surface area contributed by atoms with Crippen LogP contribution in [0.5, 0.6) is 0 Å². The second-order valence-electron chi connectivity index (χ2n) is 5.04. The molecule has 2 unspecified atom stereocenters. The molecule has 106 valence electrons. The fraction of sp³-hybridized carbons (Fsp3) is 0.571. The van der Waals surface area contributed by atoms with Crippen molar-refractivity contribution in [3.8, 4) is 11.6 Å².